The minimum atomic E-state index is -0.214. The van der Waals surface area contributed by atoms with Crippen molar-refractivity contribution in [1.82, 2.24) is 4.90 Å². The normalized spacial score (nSPS) is 22.6. The Morgan fingerprint density at radius 2 is 2.36 bits per heavy atom. The SMILES string of the molecule is CC(C)COC(=O)N1CCC[C@@H](N)C1. The first-order chi connectivity index (χ1) is 6.59. The number of carbonyl (C=O) groups excluding carboxylic acids is 1. The van der Waals surface area contributed by atoms with E-state index in [-0.39, 0.29) is 12.1 Å². The molecule has 82 valence electrons. The van der Waals surface area contributed by atoms with Crippen LogP contribution < -0.4 is 5.73 Å². The predicted octanol–water partition coefficient (Wildman–Crippen LogP) is 1.20. The number of hydrogen-bond acceptors (Lipinski definition) is 3. The van der Waals surface area contributed by atoms with Crippen LogP contribution in [0, 0.1) is 5.92 Å². The largest absolute Gasteiger partial charge is 0.449 e. The molecule has 0 aromatic rings. The number of ether oxygens (including phenoxy) is 1. The molecule has 1 fully saturated rings. The summed E-state index contributed by atoms with van der Waals surface area (Å²) < 4.78 is 5.12. The van der Waals surface area contributed by atoms with Crippen molar-refractivity contribution < 1.29 is 9.53 Å². The van der Waals surface area contributed by atoms with Crippen LogP contribution >= 0.6 is 0 Å². The number of amides is 1. The van der Waals surface area contributed by atoms with Crippen LogP contribution in [0.15, 0.2) is 0 Å². The van der Waals surface area contributed by atoms with Crippen LogP contribution in [-0.2, 0) is 4.74 Å². The molecule has 1 rings (SSSR count). The molecule has 1 atom stereocenters. The smallest absolute Gasteiger partial charge is 0.409 e. The van der Waals surface area contributed by atoms with Crippen molar-refractivity contribution in [2.45, 2.75) is 32.7 Å². The third-order valence-electron chi connectivity index (χ3n) is 2.26. The zero-order valence-electron chi connectivity index (χ0n) is 9.03. The van der Waals surface area contributed by atoms with Gasteiger partial charge in [0.15, 0.2) is 0 Å². The fourth-order valence-corrected chi connectivity index (χ4v) is 1.51. The first kappa shape index (κ1) is 11.3. The van der Waals surface area contributed by atoms with Crippen LogP contribution in [0.25, 0.3) is 0 Å². The summed E-state index contributed by atoms with van der Waals surface area (Å²) in [5.74, 6) is 0.386. The van der Waals surface area contributed by atoms with E-state index >= 15 is 0 Å². The highest BCUT2D eigenvalue weighted by atomic mass is 16.6. The molecule has 14 heavy (non-hydrogen) atoms. The standard InChI is InChI=1S/C10H20N2O2/c1-8(2)7-14-10(13)12-5-3-4-9(11)6-12/h8-9H,3-7,11H2,1-2H3/t9-/m1/s1. The summed E-state index contributed by atoms with van der Waals surface area (Å²) >= 11 is 0. The van der Waals surface area contributed by atoms with Crippen molar-refractivity contribution in [3.63, 3.8) is 0 Å². The molecule has 1 aliphatic rings. The predicted molar refractivity (Wildman–Crippen MR) is 55.0 cm³/mol. The number of nitrogens with two attached hydrogens (primary N) is 1. The molecule has 1 heterocycles. The molecule has 0 aliphatic carbocycles. The minimum Gasteiger partial charge on any atom is -0.449 e. The molecule has 1 saturated heterocycles. The van der Waals surface area contributed by atoms with Crippen LogP contribution in [0.3, 0.4) is 0 Å². The van der Waals surface area contributed by atoms with Gasteiger partial charge in [-0.3, -0.25) is 0 Å². The van der Waals surface area contributed by atoms with Gasteiger partial charge in [0.05, 0.1) is 6.61 Å². The van der Waals surface area contributed by atoms with Crippen LogP contribution in [0.2, 0.25) is 0 Å². The van der Waals surface area contributed by atoms with Gasteiger partial charge in [-0.05, 0) is 18.8 Å². The summed E-state index contributed by atoms with van der Waals surface area (Å²) in [4.78, 5) is 13.2. The maximum Gasteiger partial charge on any atom is 0.409 e. The second kappa shape index (κ2) is 5.20. The number of likely N-dealkylation sites (tertiary alicyclic amines) is 1. The Labute approximate surface area is 85.4 Å². The summed E-state index contributed by atoms with van der Waals surface area (Å²) in [6.07, 6.45) is 1.78. The van der Waals surface area contributed by atoms with Crippen molar-refractivity contribution in [1.29, 1.82) is 0 Å². The molecule has 2 N–H and O–H groups in total. The van der Waals surface area contributed by atoms with Gasteiger partial charge in [-0.15, -0.1) is 0 Å². The number of hydrogen-bond donors (Lipinski definition) is 1. The zero-order chi connectivity index (χ0) is 10.6. The molecule has 0 saturated carbocycles. The highest BCUT2D eigenvalue weighted by Crippen LogP contribution is 2.09. The van der Waals surface area contributed by atoms with E-state index in [9.17, 15) is 4.79 Å². The van der Waals surface area contributed by atoms with E-state index in [1.54, 1.807) is 4.90 Å². The summed E-state index contributed by atoms with van der Waals surface area (Å²) in [5.41, 5.74) is 5.77. The Morgan fingerprint density at radius 1 is 1.64 bits per heavy atom. The number of rotatable bonds is 2. The summed E-state index contributed by atoms with van der Waals surface area (Å²) in [6, 6.07) is 0.121. The van der Waals surface area contributed by atoms with Crippen molar-refractivity contribution in [2.75, 3.05) is 19.7 Å². The zero-order valence-corrected chi connectivity index (χ0v) is 9.03. The van der Waals surface area contributed by atoms with E-state index in [1.165, 1.54) is 0 Å². The van der Waals surface area contributed by atoms with Crippen molar-refractivity contribution in [3.05, 3.63) is 0 Å². The third-order valence-corrected chi connectivity index (χ3v) is 2.26. The summed E-state index contributed by atoms with van der Waals surface area (Å²) in [5, 5.41) is 0. The van der Waals surface area contributed by atoms with E-state index in [0.717, 1.165) is 19.4 Å². The van der Waals surface area contributed by atoms with E-state index in [4.69, 9.17) is 10.5 Å². The lowest BCUT2D eigenvalue weighted by Gasteiger charge is -2.30. The lowest BCUT2D eigenvalue weighted by Crippen LogP contribution is -2.46. The van der Waals surface area contributed by atoms with Gasteiger partial charge < -0.3 is 15.4 Å². The molecule has 0 spiro atoms. The Hall–Kier alpha value is -0.770. The first-order valence-corrected chi connectivity index (χ1v) is 5.27. The van der Waals surface area contributed by atoms with E-state index in [2.05, 4.69) is 0 Å². The quantitative estimate of drug-likeness (QED) is 0.728. The van der Waals surface area contributed by atoms with Gasteiger partial charge >= 0.3 is 6.09 Å². The Kier molecular flexibility index (Phi) is 4.20. The molecule has 0 aromatic carbocycles. The van der Waals surface area contributed by atoms with Crippen LogP contribution in [0.1, 0.15) is 26.7 Å². The number of carbonyl (C=O) groups is 1. The first-order valence-electron chi connectivity index (χ1n) is 5.27. The average Bonchev–Trinajstić information content (AvgIpc) is 2.14. The molecular weight excluding hydrogens is 180 g/mol. The van der Waals surface area contributed by atoms with Crippen molar-refractivity contribution in [2.24, 2.45) is 11.7 Å². The summed E-state index contributed by atoms with van der Waals surface area (Å²) in [6.45, 7) is 5.95. The molecule has 1 amide bonds. The van der Waals surface area contributed by atoms with Gasteiger partial charge in [-0.1, -0.05) is 13.8 Å². The second-order valence-corrected chi connectivity index (χ2v) is 4.32. The van der Waals surface area contributed by atoms with Crippen molar-refractivity contribution >= 4 is 6.09 Å². The van der Waals surface area contributed by atoms with Gasteiger partial charge in [0, 0.05) is 19.1 Å². The highest BCUT2D eigenvalue weighted by Gasteiger charge is 2.22. The summed E-state index contributed by atoms with van der Waals surface area (Å²) in [7, 11) is 0. The van der Waals surface area contributed by atoms with Crippen LogP contribution in [-0.4, -0.2) is 36.7 Å². The molecule has 0 unspecified atom stereocenters. The molecule has 0 radical (unpaired) electrons. The third kappa shape index (κ3) is 3.54. The lowest BCUT2D eigenvalue weighted by molar-refractivity contribution is 0.0827. The second-order valence-electron chi connectivity index (χ2n) is 4.32. The average molecular weight is 200 g/mol. The van der Waals surface area contributed by atoms with Crippen molar-refractivity contribution in [3.8, 4) is 0 Å². The van der Waals surface area contributed by atoms with E-state index in [1.807, 2.05) is 13.8 Å². The van der Waals surface area contributed by atoms with Gasteiger partial charge in [0.1, 0.15) is 0 Å². The molecule has 4 heteroatoms. The van der Waals surface area contributed by atoms with Crippen LogP contribution in [0.5, 0.6) is 0 Å². The van der Waals surface area contributed by atoms with Gasteiger partial charge in [0.25, 0.3) is 0 Å². The molecule has 0 aromatic heterocycles. The topological polar surface area (TPSA) is 55.6 Å². The Bertz CT molecular complexity index is 195. The number of piperidine rings is 1. The van der Waals surface area contributed by atoms with Gasteiger partial charge in [0.2, 0.25) is 0 Å². The molecule has 0 bridgehead atoms. The highest BCUT2D eigenvalue weighted by molar-refractivity contribution is 5.67. The van der Waals surface area contributed by atoms with E-state index in [0.29, 0.717) is 19.1 Å². The molecular formula is C10H20N2O2. The minimum absolute atomic E-state index is 0.121. The number of nitrogens with zero attached hydrogens (tertiary/aromatic N) is 1. The van der Waals surface area contributed by atoms with Gasteiger partial charge in [-0.25, -0.2) is 4.79 Å². The Balaban J connectivity index is 2.29. The molecule has 4 nitrogen and oxygen atoms in total. The maximum absolute atomic E-state index is 11.5. The Morgan fingerprint density at radius 3 is 2.93 bits per heavy atom. The molecule has 1 aliphatic heterocycles. The van der Waals surface area contributed by atoms with E-state index < -0.39 is 0 Å². The lowest BCUT2D eigenvalue weighted by atomic mass is 10.1. The fraction of sp³-hybridized carbons (Fsp3) is 0.900. The van der Waals surface area contributed by atoms with Gasteiger partial charge in [-0.2, -0.15) is 0 Å². The van der Waals surface area contributed by atoms with Crippen LogP contribution in [0.4, 0.5) is 4.79 Å². The maximum atomic E-state index is 11.5. The fourth-order valence-electron chi connectivity index (χ4n) is 1.51. The monoisotopic (exact) mass is 200 g/mol.